The van der Waals surface area contributed by atoms with E-state index in [9.17, 15) is 0 Å². The van der Waals surface area contributed by atoms with Crippen molar-refractivity contribution >= 4 is 18.6 Å². The maximum atomic E-state index is 2.28. The molecule has 0 nitrogen and oxygen atoms in total. The first kappa shape index (κ1) is 11.6. The Morgan fingerprint density at radius 3 is 1.64 bits per heavy atom. The Kier molecular flexibility index (Phi) is 11.3. The monoisotopic (exact) mass is 210 g/mol. The molecule has 0 fully saturated rings. The number of hydrogen-bond acceptors (Lipinski definition) is 0. The minimum absolute atomic E-state index is 1.37. The van der Waals surface area contributed by atoms with Gasteiger partial charge in [-0.25, -0.2) is 0 Å². The van der Waals surface area contributed by atoms with Crippen LogP contribution in [-0.4, -0.2) is 18.6 Å². The average Bonchev–Trinajstić information content (AvgIpc) is 2.03. The predicted octanol–water partition coefficient (Wildman–Crippen LogP) is 3.71. The zero-order valence-electron chi connectivity index (χ0n) is 7.94. The molecule has 0 aliphatic rings. The van der Waals surface area contributed by atoms with Crippen LogP contribution in [0.2, 0.25) is 4.98 Å². The van der Waals surface area contributed by atoms with Crippen molar-refractivity contribution in [2.24, 2.45) is 0 Å². The molecule has 0 aliphatic carbocycles. The van der Waals surface area contributed by atoms with Crippen molar-refractivity contribution < 1.29 is 0 Å². The summed E-state index contributed by atoms with van der Waals surface area (Å²) in [5.74, 6) is 0. The molecule has 0 bridgehead atoms. The zero-order valence-corrected chi connectivity index (χ0v) is 10.4. The van der Waals surface area contributed by atoms with Gasteiger partial charge >= 0.3 is 81.9 Å². The van der Waals surface area contributed by atoms with Crippen molar-refractivity contribution in [2.75, 3.05) is 0 Å². The summed E-state index contributed by atoms with van der Waals surface area (Å²) in [6.45, 7) is 2.28. The second kappa shape index (κ2) is 10.6. The van der Waals surface area contributed by atoms with Crippen molar-refractivity contribution in [3.8, 4) is 0 Å². The molecular weight excluding hydrogens is 190 g/mol. The molecule has 0 saturated carbocycles. The van der Waals surface area contributed by atoms with E-state index in [0.29, 0.717) is 0 Å². The van der Waals surface area contributed by atoms with E-state index in [4.69, 9.17) is 0 Å². The van der Waals surface area contributed by atoms with Crippen LogP contribution in [0.5, 0.6) is 0 Å². The molecule has 0 aromatic carbocycles. The van der Waals surface area contributed by atoms with Gasteiger partial charge in [0, 0.05) is 0 Å². The van der Waals surface area contributed by atoms with Gasteiger partial charge in [-0.05, 0) is 0 Å². The first-order valence-corrected chi connectivity index (χ1v) is 6.83. The molecule has 0 aromatic rings. The normalized spacial score (nSPS) is 10.3. The van der Waals surface area contributed by atoms with Gasteiger partial charge in [0.25, 0.3) is 0 Å². The number of hydrogen-bond donors (Lipinski definition) is 0. The van der Waals surface area contributed by atoms with Crippen LogP contribution >= 0.6 is 0 Å². The summed E-state index contributed by atoms with van der Waals surface area (Å²) in [5.41, 5.74) is 0. The first-order chi connectivity index (χ1) is 5.41. The van der Waals surface area contributed by atoms with Crippen LogP contribution in [0.25, 0.3) is 0 Å². The molecule has 0 aromatic heterocycles. The van der Waals surface area contributed by atoms with Crippen LogP contribution in [0.3, 0.4) is 0 Å². The molecule has 64 valence electrons. The SMILES string of the molecule is CCCCCCCCC[CH2][Ga]. The van der Waals surface area contributed by atoms with Crippen LogP contribution in [0.15, 0.2) is 0 Å². The molecule has 1 heteroatoms. The van der Waals surface area contributed by atoms with Gasteiger partial charge in [0.1, 0.15) is 0 Å². The summed E-state index contributed by atoms with van der Waals surface area (Å²) < 4.78 is 0. The van der Waals surface area contributed by atoms with E-state index in [0.717, 1.165) is 0 Å². The Balaban J connectivity index is 2.69. The van der Waals surface area contributed by atoms with E-state index in [1.807, 2.05) is 18.6 Å². The fourth-order valence-corrected chi connectivity index (χ4v) is 1.88. The van der Waals surface area contributed by atoms with Gasteiger partial charge in [-0.3, -0.25) is 0 Å². The Morgan fingerprint density at radius 1 is 0.727 bits per heavy atom. The molecule has 0 spiro atoms. The molecule has 0 aliphatic heterocycles. The third kappa shape index (κ3) is 10.6. The first-order valence-electron chi connectivity index (χ1n) is 5.12. The molecule has 0 heterocycles. The zero-order chi connectivity index (χ0) is 8.36. The Labute approximate surface area is 82.1 Å². The van der Waals surface area contributed by atoms with Gasteiger partial charge in [0.2, 0.25) is 0 Å². The standard InChI is InChI=1S/C10H21.Ga/c1-3-5-7-9-10-8-6-4-2;/h1,3-10H2,2H3;. The summed E-state index contributed by atoms with van der Waals surface area (Å²) in [5, 5.41) is 0. The molecule has 0 rings (SSSR count). The van der Waals surface area contributed by atoms with E-state index < -0.39 is 0 Å². The fraction of sp³-hybridized carbons (Fsp3) is 1.00. The second-order valence-corrected chi connectivity index (χ2v) is 4.47. The molecule has 0 unspecified atom stereocenters. The van der Waals surface area contributed by atoms with Gasteiger partial charge in [0.05, 0.1) is 0 Å². The van der Waals surface area contributed by atoms with E-state index in [-0.39, 0.29) is 0 Å². The average molecular weight is 211 g/mol. The molecule has 0 N–H and O–H groups in total. The van der Waals surface area contributed by atoms with Crippen molar-refractivity contribution in [1.82, 2.24) is 0 Å². The van der Waals surface area contributed by atoms with Gasteiger partial charge < -0.3 is 0 Å². The summed E-state index contributed by atoms with van der Waals surface area (Å²) in [6, 6.07) is 0. The molecule has 2 radical (unpaired) electrons. The fourth-order valence-electron chi connectivity index (χ4n) is 1.28. The predicted molar refractivity (Wildman–Crippen MR) is 53.2 cm³/mol. The quantitative estimate of drug-likeness (QED) is 0.424. The van der Waals surface area contributed by atoms with E-state index in [2.05, 4.69) is 6.92 Å². The van der Waals surface area contributed by atoms with Crippen LogP contribution in [0.4, 0.5) is 0 Å². The Bertz CT molecular complexity index is 53.9. The molecular formula is C10H21Ga. The van der Waals surface area contributed by atoms with Crippen LogP contribution in [-0.2, 0) is 0 Å². The van der Waals surface area contributed by atoms with Crippen molar-refractivity contribution in [3.63, 3.8) is 0 Å². The molecule has 11 heavy (non-hydrogen) atoms. The van der Waals surface area contributed by atoms with Gasteiger partial charge in [-0.2, -0.15) is 0 Å². The summed E-state index contributed by atoms with van der Waals surface area (Å²) in [4.78, 5) is 1.43. The van der Waals surface area contributed by atoms with Crippen LogP contribution in [0, 0.1) is 0 Å². The Hall–Kier alpha value is 0.636. The van der Waals surface area contributed by atoms with Gasteiger partial charge in [-0.1, -0.05) is 0 Å². The van der Waals surface area contributed by atoms with Crippen molar-refractivity contribution in [3.05, 3.63) is 0 Å². The van der Waals surface area contributed by atoms with E-state index in [1.54, 1.807) is 0 Å². The summed E-state index contributed by atoms with van der Waals surface area (Å²) in [6.07, 6.45) is 11.7. The van der Waals surface area contributed by atoms with E-state index >= 15 is 0 Å². The van der Waals surface area contributed by atoms with Crippen molar-refractivity contribution in [1.29, 1.82) is 0 Å². The number of rotatable bonds is 8. The third-order valence-electron chi connectivity index (χ3n) is 2.06. The molecule has 0 amide bonds. The second-order valence-electron chi connectivity index (χ2n) is 3.26. The molecule has 0 atom stereocenters. The molecule has 0 saturated heterocycles. The van der Waals surface area contributed by atoms with Gasteiger partial charge in [-0.15, -0.1) is 0 Å². The number of unbranched alkanes of at least 4 members (excludes halogenated alkanes) is 7. The van der Waals surface area contributed by atoms with Crippen LogP contribution < -0.4 is 0 Å². The topological polar surface area (TPSA) is 0 Å². The summed E-state index contributed by atoms with van der Waals surface area (Å²) in [7, 11) is 0. The Morgan fingerprint density at radius 2 is 1.18 bits per heavy atom. The maximum absolute atomic E-state index is 2.28. The van der Waals surface area contributed by atoms with Crippen molar-refractivity contribution in [2.45, 2.75) is 63.3 Å². The summed E-state index contributed by atoms with van der Waals surface area (Å²) >= 11 is 1.89. The third-order valence-corrected chi connectivity index (χ3v) is 2.91. The minimum atomic E-state index is 1.37. The van der Waals surface area contributed by atoms with E-state index in [1.165, 1.54) is 56.3 Å². The van der Waals surface area contributed by atoms with Crippen LogP contribution in [0.1, 0.15) is 58.3 Å². The van der Waals surface area contributed by atoms with Gasteiger partial charge in [0.15, 0.2) is 0 Å².